The Bertz CT molecular complexity index is 718. The Morgan fingerprint density at radius 1 is 1.22 bits per heavy atom. The summed E-state index contributed by atoms with van der Waals surface area (Å²) < 4.78 is 5.46. The quantitative estimate of drug-likeness (QED) is 0.230. The van der Waals surface area contributed by atoms with Gasteiger partial charge in [-0.1, -0.05) is 12.1 Å². The normalized spacial score (nSPS) is 11.0. The molecule has 0 saturated carbocycles. The van der Waals surface area contributed by atoms with Crippen LogP contribution in [0.5, 0.6) is 5.75 Å². The van der Waals surface area contributed by atoms with Crippen molar-refractivity contribution < 1.29 is 4.74 Å². The van der Waals surface area contributed by atoms with E-state index in [-0.39, 0.29) is 24.0 Å². The van der Waals surface area contributed by atoms with Crippen LogP contribution in [0.4, 0.5) is 0 Å². The summed E-state index contributed by atoms with van der Waals surface area (Å²) in [5, 5.41) is 10.1. The lowest BCUT2D eigenvalue weighted by atomic mass is 10.1. The molecular formula is C20H31IN4OS. The lowest BCUT2D eigenvalue weighted by Crippen LogP contribution is -2.37. The van der Waals surface area contributed by atoms with Crippen LogP contribution in [0, 0.1) is 13.8 Å². The Balaban J connectivity index is 0.00000364. The number of benzene rings is 1. The van der Waals surface area contributed by atoms with E-state index in [0.717, 1.165) is 55.3 Å². The molecule has 1 heterocycles. The number of halogens is 1. The van der Waals surface area contributed by atoms with E-state index in [1.54, 1.807) is 18.4 Å². The van der Waals surface area contributed by atoms with Crippen LogP contribution in [-0.2, 0) is 13.0 Å². The summed E-state index contributed by atoms with van der Waals surface area (Å²) in [7, 11) is 1.70. The van der Waals surface area contributed by atoms with Gasteiger partial charge in [-0.3, -0.25) is 0 Å². The van der Waals surface area contributed by atoms with Crippen molar-refractivity contribution in [2.24, 2.45) is 4.99 Å². The predicted octanol–water partition coefficient (Wildman–Crippen LogP) is 4.46. The Labute approximate surface area is 184 Å². The van der Waals surface area contributed by atoms with E-state index in [0.29, 0.717) is 6.54 Å². The number of ether oxygens (including phenoxy) is 1. The summed E-state index contributed by atoms with van der Waals surface area (Å²) in [6, 6.07) is 6.22. The Kier molecular flexibility index (Phi) is 11.3. The van der Waals surface area contributed by atoms with E-state index in [4.69, 9.17) is 4.74 Å². The first-order valence-electron chi connectivity index (χ1n) is 9.19. The highest BCUT2D eigenvalue weighted by Crippen LogP contribution is 2.20. The smallest absolute Gasteiger partial charge is 0.191 e. The topological polar surface area (TPSA) is 58.5 Å². The third-order valence-electron chi connectivity index (χ3n) is 3.97. The summed E-state index contributed by atoms with van der Waals surface area (Å²) in [4.78, 5) is 9.19. The largest absolute Gasteiger partial charge is 0.496 e. The maximum absolute atomic E-state index is 5.46. The summed E-state index contributed by atoms with van der Waals surface area (Å²) in [5.74, 6) is 1.74. The molecule has 0 unspecified atom stereocenters. The standard InChI is InChI=1S/C20H30N4OS.HI/c1-5-21-20(22-11-7-6-8-19-24-16(3)14-26-19)23-13-17-10-9-15(2)12-18(17)25-4;/h9-10,12,14H,5-8,11,13H2,1-4H3,(H2,21,22,23);1H. The molecule has 7 heteroatoms. The van der Waals surface area contributed by atoms with Gasteiger partial charge >= 0.3 is 0 Å². The van der Waals surface area contributed by atoms with Gasteiger partial charge in [0.05, 0.1) is 18.7 Å². The number of nitrogens with one attached hydrogen (secondary N) is 2. The van der Waals surface area contributed by atoms with Crippen LogP contribution >= 0.6 is 35.3 Å². The molecule has 2 aromatic rings. The van der Waals surface area contributed by atoms with Gasteiger partial charge < -0.3 is 15.4 Å². The number of aliphatic imine (C=N–C) groups is 1. The fourth-order valence-electron chi connectivity index (χ4n) is 2.61. The second-order valence-electron chi connectivity index (χ2n) is 6.28. The Morgan fingerprint density at radius 3 is 2.70 bits per heavy atom. The summed E-state index contributed by atoms with van der Waals surface area (Å²) in [6.07, 6.45) is 3.27. The highest BCUT2D eigenvalue weighted by atomic mass is 127. The third kappa shape index (κ3) is 8.47. The van der Waals surface area contributed by atoms with E-state index in [2.05, 4.69) is 52.0 Å². The molecule has 5 nitrogen and oxygen atoms in total. The van der Waals surface area contributed by atoms with Gasteiger partial charge in [-0.2, -0.15) is 0 Å². The lowest BCUT2D eigenvalue weighted by Gasteiger charge is -2.12. The molecule has 0 aliphatic carbocycles. The first-order valence-corrected chi connectivity index (χ1v) is 10.1. The number of unbranched alkanes of at least 4 members (excludes halogenated alkanes) is 1. The van der Waals surface area contributed by atoms with Crippen LogP contribution in [-0.4, -0.2) is 31.1 Å². The molecule has 27 heavy (non-hydrogen) atoms. The number of guanidine groups is 1. The van der Waals surface area contributed by atoms with Crippen molar-refractivity contribution in [3.05, 3.63) is 45.4 Å². The van der Waals surface area contributed by atoms with Gasteiger partial charge in [-0.25, -0.2) is 9.98 Å². The number of aryl methyl sites for hydroxylation is 3. The van der Waals surface area contributed by atoms with Crippen LogP contribution < -0.4 is 15.4 Å². The molecule has 2 N–H and O–H groups in total. The van der Waals surface area contributed by atoms with Crippen molar-refractivity contribution in [1.29, 1.82) is 0 Å². The fraction of sp³-hybridized carbons (Fsp3) is 0.500. The van der Waals surface area contributed by atoms with Crippen LogP contribution in [0.1, 0.15) is 41.6 Å². The highest BCUT2D eigenvalue weighted by Gasteiger charge is 2.04. The van der Waals surface area contributed by atoms with Crippen molar-refractivity contribution in [3.8, 4) is 5.75 Å². The molecule has 0 radical (unpaired) electrons. The zero-order valence-corrected chi connectivity index (χ0v) is 19.8. The lowest BCUT2D eigenvalue weighted by molar-refractivity contribution is 0.409. The number of nitrogens with zero attached hydrogens (tertiary/aromatic N) is 2. The molecule has 1 aromatic carbocycles. The maximum atomic E-state index is 5.46. The zero-order chi connectivity index (χ0) is 18.8. The summed E-state index contributed by atoms with van der Waals surface area (Å²) >= 11 is 1.75. The van der Waals surface area contributed by atoms with Gasteiger partial charge in [-0.15, -0.1) is 35.3 Å². The summed E-state index contributed by atoms with van der Waals surface area (Å²) in [6.45, 7) is 8.53. The number of rotatable bonds is 9. The van der Waals surface area contributed by atoms with Crippen molar-refractivity contribution in [2.75, 3.05) is 20.2 Å². The van der Waals surface area contributed by atoms with Gasteiger partial charge in [0.2, 0.25) is 0 Å². The SMILES string of the molecule is CCNC(=NCc1ccc(C)cc1OC)NCCCCc1nc(C)cs1.I. The molecule has 0 spiro atoms. The van der Waals surface area contributed by atoms with E-state index in [1.165, 1.54) is 10.6 Å². The second-order valence-corrected chi connectivity index (χ2v) is 7.22. The zero-order valence-electron chi connectivity index (χ0n) is 16.7. The minimum Gasteiger partial charge on any atom is -0.496 e. The van der Waals surface area contributed by atoms with Crippen LogP contribution in [0.15, 0.2) is 28.6 Å². The Morgan fingerprint density at radius 2 is 2.04 bits per heavy atom. The minimum atomic E-state index is 0. The molecule has 0 saturated heterocycles. The van der Waals surface area contributed by atoms with Crippen molar-refractivity contribution in [3.63, 3.8) is 0 Å². The molecule has 0 fully saturated rings. The first kappa shape index (κ1) is 23.7. The number of hydrogen-bond donors (Lipinski definition) is 2. The van der Waals surface area contributed by atoms with Crippen LogP contribution in [0.3, 0.4) is 0 Å². The van der Waals surface area contributed by atoms with Gasteiger partial charge in [-0.05, 0) is 51.7 Å². The van der Waals surface area contributed by atoms with Crippen LogP contribution in [0.2, 0.25) is 0 Å². The monoisotopic (exact) mass is 502 g/mol. The van der Waals surface area contributed by atoms with E-state index < -0.39 is 0 Å². The number of aromatic nitrogens is 1. The number of thiazole rings is 1. The second kappa shape index (κ2) is 12.9. The van der Waals surface area contributed by atoms with Crippen molar-refractivity contribution in [2.45, 2.75) is 46.6 Å². The molecule has 0 atom stereocenters. The average molecular weight is 502 g/mol. The molecule has 2 rings (SSSR count). The van der Waals surface area contributed by atoms with Gasteiger partial charge in [0.25, 0.3) is 0 Å². The minimum absolute atomic E-state index is 0. The van der Waals surface area contributed by atoms with Crippen LogP contribution in [0.25, 0.3) is 0 Å². The first-order chi connectivity index (χ1) is 12.6. The van der Waals surface area contributed by atoms with Crippen molar-refractivity contribution in [1.82, 2.24) is 15.6 Å². The molecule has 0 aliphatic rings. The van der Waals surface area contributed by atoms with E-state index in [1.807, 2.05) is 13.0 Å². The van der Waals surface area contributed by atoms with E-state index in [9.17, 15) is 0 Å². The molecule has 1 aromatic heterocycles. The highest BCUT2D eigenvalue weighted by molar-refractivity contribution is 14.0. The maximum Gasteiger partial charge on any atom is 0.191 e. The predicted molar refractivity (Wildman–Crippen MR) is 126 cm³/mol. The van der Waals surface area contributed by atoms with Gasteiger partial charge in [0.15, 0.2) is 5.96 Å². The average Bonchev–Trinajstić information content (AvgIpc) is 3.05. The number of hydrogen-bond acceptors (Lipinski definition) is 4. The van der Waals surface area contributed by atoms with E-state index >= 15 is 0 Å². The fourth-order valence-corrected chi connectivity index (χ4v) is 3.43. The molecule has 0 aliphatic heterocycles. The molecular weight excluding hydrogens is 471 g/mol. The summed E-state index contributed by atoms with van der Waals surface area (Å²) in [5.41, 5.74) is 3.40. The number of methoxy groups -OCH3 is 1. The third-order valence-corrected chi connectivity index (χ3v) is 5.00. The van der Waals surface area contributed by atoms with Gasteiger partial charge in [0.1, 0.15) is 5.75 Å². The van der Waals surface area contributed by atoms with Crippen molar-refractivity contribution >= 4 is 41.3 Å². The molecule has 0 amide bonds. The van der Waals surface area contributed by atoms with Gasteiger partial charge in [0, 0.05) is 29.7 Å². The molecule has 0 bridgehead atoms. The Hall–Kier alpha value is -1.35. The molecule has 150 valence electrons.